The second-order valence-corrected chi connectivity index (χ2v) is 11.4. The summed E-state index contributed by atoms with van der Waals surface area (Å²) in [5.74, 6) is 1.71. The molecular weight excluding hydrogens is 437 g/mol. The van der Waals surface area contributed by atoms with Crippen LogP contribution in [0, 0.1) is 11.3 Å². The Bertz CT molecular complexity index is 866. The first-order valence-corrected chi connectivity index (χ1v) is 12.2. The largest absolute Gasteiger partial charge is 0.336 e. The Morgan fingerprint density at radius 3 is 2.23 bits per heavy atom. The van der Waals surface area contributed by atoms with Crippen LogP contribution >= 0.6 is 35.0 Å². The van der Waals surface area contributed by atoms with E-state index in [1.165, 1.54) is 24.6 Å². The number of aliphatic imine (C=N–C) groups is 1. The number of nitrogens with two attached hydrogens (primary N) is 2. The quantitative estimate of drug-likeness (QED) is 0.593. The summed E-state index contributed by atoms with van der Waals surface area (Å²) in [4.78, 5) is 9.16. The lowest BCUT2D eigenvalue weighted by atomic mass is 9.71. The summed E-state index contributed by atoms with van der Waals surface area (Å²) in [5.41, 5.74) is 15.0. The highest BCUT2D eigenvalue weighted by Crippen LogP contribution is 2.48. The third kappa shape index (κ3) is 3.86. The van der Waals surface area contributed by atoms with Gasteiger partial charge in [-0.3, -0.25) is 0 Å². The zero-order chi connectivity index (χ0) is 21.8. The topological polar surface area (TPSA) is 70.9 Å². The van der Waals surface area contributed by atoms with Crippen molar-refractivity contribution in [3.8, 4) is 0 Å². The third-order valence-corrected chi connectivity index (χ3v) is 8.26. The fourth-order valence-electron chi connectivity index (χ4n) is 5.04. The predicted octanol–water partition coefficient (Wildman–Crippen LogP) is 5.58. The van der Waals surface area contributed by atoms with Gasteiger partial charge in [0.1, 0.15) is 22.5 Å². The molecule has 0 radical (unpaired) electrons. The van der Waals surface area contributed by atoms with Crippen molar-refractivity contribution in [2.45, 2.75) is 71.1 Å². The van der Waals surface area contributed by atoms with Crippen LogP contribution in [0.3, 0.4) is 0 Å². The molecule has 2 heterocycles. The Morgan fingerprint density at radius 1 is 1.07 bits per heavy atom. The predicted molar refractivity (Wildman–Crippen MR) is 130 cm³/mol. The van der Waals surface area contributed by atoms with E-state index < -0.39 is 0 Å². The lowest BCUT2D eigenvalue weighted by molar-refractivity contribution is 0.118. The number of para-hydroxylation sites is 1. The molecule has 2 atom stereocenters. The lowest BCUT2D eigenvalue weighted by Gasteiger charge is -2.46. The van der Waals surface area contributed by atoms with Gasteiger partial charge in [-0.05, 0) is 56.1 Å². The molecule has 0 bridgehead atoms. The second-order valence-electron chi connectivity index (χ2n) is 9.52. The number of amidine groups is 1. The van der Waals surface area contributed by atoms with Gasteiger partial charge in [-0.1, -0.05) is 61.8 Å². The van der Waals surface area contributed by atoms with Crippen LogP contribution in [0.2, 0.25) is 10.0 Å². The number of anilines is 1. The van der Waals surface area contributed by atoms with E-state index in [1.807, 2.05) is 23.1 Å². The van der Waals surface area contributed by atoms with Gasteiger partial charge in [-0.25, -0.2) is 4.99 Å². The van der Waals surface area contributed by atoms with Crippen molar-refractivity contribution in [1.82, 2.24) is 4.90 Å². The Balaban J connectivity index is 1.63. The summed E-state index contributed by atoms with van der Waals surface area (Å²) in [6.07, 6.45) is 4.34. The smallest absolute Gasteiger partial charge is 0.136 e. The summed E-state index contributed by atoms with van der Waals surface area (Å²) < 4.78 is 0. The first-order valence-electron chi connectivity index (χ1n) is 10.6. The Hall–Kier alpha value is -0.920. The van der Waals surface area contributed by atoms with E-state index in [0.717, 1.165) is 35.3 Å². The molecule has 4 rings (SSSR count). The van der Waals surface area contributed by atoms with Crippen LogP contribution in [0.4, 0.5) is 5.69 Å². The van der Waals surface area contributed by atoms with Crippen LogP contribution in [0.5, 0.6) is 0 Å². The number of halogens is 2. The number of rotatable bonds is 2. The molecule has 1 aliphatic carbocycles. The van der Waals surface area contributed by atoms with Crippen molar-refractivity contribution in [1.29, 1.82) is 0 Å². The van der Waals surface area contributed by atoms with E-state index in [4.69, 9.17) is 39.7 Å². The summed E-state index contributed by atoms with van der Waals surface area (Å²) >= 11 is 14.5. The minimum absolute atomic E-state index is 0.331. The van der Waals surface area contributed by atoms with Crippen molar-refractivity contribution in [2.24, 2.45) is 27.8 Å². The van der Waals surface area contributed by atoms with E-state index in [1.54, 1.807) is 0 Å². The molecule has 1 fully saturated rings. The minimum Gasteiger partial charge on any atom is -0.336 e. The zero-order valence-electron chi connectivity index (χ0n) is 18.0. The van der Waals surface area contributed by atoms with Gasteiger partial charge >= 0.3 is 0 Å². The van der Waals surface area contributed by atoms with Crippen LogP contribution in [0.25, 0.3) is 0 Å². The van der Waals surface area contributed by atoms with Crippen molar-refractivity contribution in [3.05, 3.63) is 39.0 Å². The molecule has 4 N–H and O–H groups in total. The van der Waals surface area contributed by atoms with Crippen LogP contribution < -0.4 is 16.4 Å². The summed E-state index contributed by atoms with van der Waals surface area (Å²) in [6, 6.07) is 5.86. The van der Waals surface area contributed by atoms with Crippen molar-refractivity contribution < 1.29 is 0 Å². The number of hydrogen-bond acceptors (Lipinski definition) is 6. The van der Waals surface area contributed by atoms with Crippen LogP contribution in [0.15, 0.2) is 33.9 Å². The molecule has 2 unspecified atom stereocenters. The molecule has 1 aromatic rings. The molecule has 2 aliphatic heterocycles. The average Bonchev–Trinajstić information content (AvgIpc) is 2.97. The fourth-order valence-corrected chi connectivity index (χ4v) is 6.69. The zero-order valence-corrected chi connectivity index (χ0v) is 20.4. The molecule has 5 nitrogen and oxygen atoms in total. The maximum Gasteiger partial charge on any atom is 0.136 e. The number of hydrogen-bond donors (Lipinski definition) is 2. The first kappa shape index (κ1) is 22.3. The van der Waals surface area contributed by atoms with E-state index in [9.17, 15) is 0 Å². The Morgan fingerprint density at radius 2 is 1.67 bits per heavy atom. The maximum atomic E-state index is 6.89. The molecule has 8 heteroatoms. The van der Waals surface area contributed by atoms with Gasteiger partial charge in [0.05, 0.1) is 21.4 Å². The number of benzene rings is 1. The minimum atomic E-state index is -0.369. The van der Waals surface area contributed by atoms with E-state index in [-0.39, 0.29) is 11.7 Å². The number of nitrogens with zero attached hydrogens (tertiary/aromatic N) is 3. The molecular formula is C22H31Cl2N5S. The van der Waals surface area contributed by atoms with Gasteiger partial charge in [-0.15, -0.1) is 0 Å². The monoisotopic (exact) mass is 467 g/mol. The number of thioether (sulfide) groups is 1. The summed E-state index contributed by atoms with van der Waals surface area (Å²) in [6.45, 7) is 9.08. The molecule has 1 aromatic carbocycles. The van der Waals surface area contributed by atoms with Gasteiger partial charge in [0.15, 0.2) is 0 Å². The fraction of sp³-hybridized carbons (Fsp3) is 0.591. The van der Waals surface area contributed by atoms with Gasteiger partial charge < -0.3 is 21.3 Å². The van der Waals surface area contributed by atoms with Crippen LogP contribution in [-0.2, 0) is 0 Å². The van der Waals surface area contributed by atoms with Gasteiger partial charge in [0.2, 0.25) is 0 Å². The van der Waals surface area contributed by atoms with Crippen molar-refractivity contribution >= 4 is 46.5 Å². The normalized spacial score (nSPS) is 29.9. The average molecular weight is 468 g/mol. The first-order chi connectivity index (χ1) is 14.1. The molecule has 1 saturated carbocycles. The molecule has 0 spiro atoms. The molecule has 30 heavy (non-hydrogen) atoms. The van der Waals surface area contributed by atoms with E-state index >= 15 is 0 Å². The van der Waals surface area contributed by atoms with Gasteiger partial charge in [0.25, 0.3) is 0 Å². The van der Waals surface area contributed by atoms with E-state index in [0.29, 0.717) is 27.2 Å². The van der Waals surface area contributed by atoms with Crippen molar-refractivity contribution in [3.63, 3.8) is 0 Å². The molecule has 164 valence electrons. The molecule has 0 aromatic heterocycles. The third-order valence-electron chi connectivity index (χ3n) is 6.68. The molecule has 0 saturated heterocycles. The maximum absolute atomic E-state index is 6.89. The van der Waals surface area contributed by atoms with Crippen LogP contribution in [0.1, 0.15) is 53.4 Å². The van der Waals surface area contributed by atoms with Gasteiger partial charge in [-0.2, -0.15) is 0 Å². The van der Waals surface area contributed by atoms with Crippen molar-refractivity contribution in [2.75, 3.05) is 4.90 Å². The van der Waals surface area contributed by atoms with E-state index in [2.05, 4.69) is 32.6 Å². The highest BCUT2D eigenvalue weighted by molar-refractivity contribution is 8.04. The summed E-state index contributed by atoms with van der Waals surface area (Å²) in [7, 11) is 0. The Kier molecular flexibility index (Phi) is 6.10. The van der Waals surface area contributed by atoms with Gasteiger partial charge in [0, 0.05) is 6.04 Å². The highest BCUT2D eigenvalue weighted by Gasteiger charge is 2.44. The standard InChI is InChI=1S/C22H31Cl2N5S/c1-12-27-20-18(29(21(26)30-20)17-15(23)6-5-7-16(17)24)19(25)28(12)14-10-8-13(9-11-14)22(2,3)4/h5-7,13-14,19,21H,8-11,25-26H2,1-4H3. The Labute approximate surface area is 193 Å². The molecule has 3 aliphatic rings. The second kappa shape index (κ2) is 8.21. The molecule has 0 amide bonds. The SMILES string of the molecule is CC1=NC2=C(C(N)N1C1CCC(C(C)(C)C)CC1)N(c1c(Cl)cccc1Cl)C(N)S2. The summed E-state index contributed by atoms with van der Waals surface area (Å²) in [5, 5.41) is 1.98. The lowest BCUT2D eigenvalue weighted by Crippen LogP contribution is -2.57. The highest BCUT2D eigenvalue weighted by atomic mass is 35.5. The van der Waals surface area contributed by atoms with Crippen LogP contribution in [-0.4, -0.2) is 28.4 Å².